The summed E-state index contributed by atoms with van der Waals surface area (Å²) in [5.41, 5.74) is 2.93. The number of nitrogens with zero attached hydrogens (tertiary/aromatic N) is 2. The maximum absolute atomic E-state index is 10.2. The number of thiazole rings is 1. The zero-order valence-electron chi connectivity index (χ0n) is 12.1. The first-order chi connectivity index (χ1) is 10.0. The average molecular weight is 308 g/mol. The molecule has 0 N–H and O–H groups in total. The lowest BCUT2D eigenvalue weighted by atomic mass is 10.1. The number of rotatable bonds is 6. The van der Waals surface area contributed by atoms with Crippen molar-refractivity contribution in [1.29, 1.82) is 0 Å². The quantitative estimate of drug-likeness (QED) is 0.605. The lowest BCUT2D eigenvalue weighted by molar-refractivity contribution is -0.757. The van der Waals surface area contributed by atoms with Crippen molar-refractivity contribution >= 4 is 11.3 Å². The van der Waals surface area contributed by atoms with E-state index < -0.39 is 5.09 Å². The van der Waals surface area contributed by atoms with Crippen molar-refractivity contribution in [2.24, 2.45) is 0 Å². The van der Waals surface area contributed by atoms with Crippen molar-refractivity contribution in [1.82, 2.24) is 4.98 Å². The van der Waals surface area contributed by atoms with Crippen LogP contribution in [0.4, 0.5) is 0 Å². The minimum absolute atomic E-state index is 0.0421. The Morgan fingerprint density at radius 3 is 2.81 bits per heavy atom. The molecule has 2 rings (SSSR count). The van der Waals surface area contributed by atoms with Gasteiger partial charge < -0.3 is 9.57 Å². The van der Waals surface area contributed by atoms with Gasteiger partial charge in [0, 0.05) is 11.3 Å². The van der Waals surface area contributed by atoms with Gasteiger partial charge in [0.05, 0.1) is 18.4 Å². The summed E-state index contributed by atoms with van der Waals surface area (Å²) < 4.78 is 5.37. The molecule has 6 nitrogen and oxygen atoms in total. The number of hydrogen-bond donors (Lipinski definition) is 0. The predicted molar refractivity (Wildman–Crippen MR) is 80.2 cm³/mol. The fourth-order valence-electron chi connectivity index (χ4n) is 1.98. The molecule has 0 aliphatic rings. The van der Waals surface area contributed by atoms with Crippen LogP contribution in [0.3, 0.4) is 0 Å². The third kappa shape index (κ3) is 3.69. The lowest BCUT2D eigenvalue weighted by Crippen LogP contribution is -2.04. The molecule has 1 aromatic carbocycles. The van der Waals surface area contributed by atoms with Crippen LogP contribution in [0.2, 0.25) is 0 Å². The van der Waals surface area contributed by atoms with Crippen LogP contribution in [-0.2, 0) is 11.3 Å². The smallest absolute Gasteiger partial charge is 0.294 e. The Hall–Kier alpha value is -2.15. The van der Waals surface area contributed by atoms with Crippen LogP contribution >= 0.6 is 11.3 Å². The molecule has 0 saturated carbocycles. The third-order valence-corrected chi connectivity index (χ3v) is 4.25. The Bertz CT molecular complexity index is 654. The minimum Gasteiger partial charge on any atom is -0.496 e. The molecule has 0 saturated heterocycles. The SMILES string of the molecule is COc1ccc(C)cc1-c1nc(C)c(CCO[N+](=O)[O-])s1. The standard InChI is InChI=1S/C14H16N2O4S/c1-9-4-5-12(19-3)11(8-9)14-15-10(2)13(21-14)6-7-20-16(17)18/h4-5,8H,6-7H2,1-3H3. The van der Waals surface area contributed by atoms with Crippen LogP contribution in [-0.4, -0.2) is 23.8 Å². The van der Waals surface area contributed by atoms with Crippen LogP contribution in [0.15, 0.2) is 18.2 Å². The second-order valence-corrected chi connectivity index (χ2v) is 5.62. The van der Waals surface area contributed by atoms with Gasteiger partial charge in [-0.2, -0.15) is 0 Å². The Morgan fingerprint density at radius 1 is 1.38 bits per heavy atom. The van der Waals surface area contributed by atoms with E-state index in [0.717, 1.165) is 32.5 Å². The normalized spacial score (nSPS) is 10.4. The van der Waals surface area contributed by atoms with E-state index in [1.165, 1.54) is 11.3 Å². The fourth-order valence-corrected chi connectivity index (χ4v) is 3.04. The van der Waals surface area contributed by atoms with E-state index in [0.29, 0.717) is 6.42 Å². The van der Waals surface area contributed by atoms with E-state index in [9.17, 15) is 10.1 Å². The second-order valence-electron chi connectivity index (χ2n) is 4.54. The van der Waals surface area contributed by atoms with Crippen molar-refractivity contribution in [2.75, 3.05) is 13.7 Å². The second kappa shape index (κ2) is 6.53. The molecule has 7 heteroatoms. The van der Waals surface area contributed by atoms with E-state index in [1.807, 2.05) is 32.0 Å². The summed E-state index contributed by atoms with van der Waals surface area (Å²) in [6.07, 6.45) is 0.471. The molecule has 1 aromatic heterocycles. The van der Waals surface area contributed by atoms with Gasteiger partial charge in [0.25, 0.3) is 5.09 Å². The first kappa shape index (κ1) is 15.2. The lowest BCUT2D eigenvalue weighted by Gasteiger charge is -2.06. The average Bonchev–Trinajstić information content (AvgIpc) is 2.80. The molecule has 0 spiro atoms. The monoisotopic (exact) mass is 308 g/mol. The Kier molecular flexibility index (Phi) is 4.74. The van der Waals surface area contributed by atoms with Gasteiger partial charge in [-0.15, -0.1) is 21.5 Å². The fraction of sp³-hybridized carbons (Fsp3) is 0.357. The summed E-state index contributed by atoms with van der Waals surface area (Å²) in [6, 6.07) is 5.92. The van der Waals surface area contributed by atoms with Gasteiger partial charge in [0.2, 0.25) is 0 Å². The van der Waals surface area contributed by atoms with Gasteiger partial charge in [0.15, 0.2) is 0 Å². The summed E-state index contributed by atoms with van der Waals surface area (Å²) in [5.74, 6) is 0.766. The summed E-state index contributed by atoms with van der Waals surface area (Å²) in [7, 11) is 1.63. The number of methoxy groups -OCH3 is 1. The zero-order chi connectivity index (χ0) is 15.4. The number of aryl methyl sites for hydroxylation is 2. The Balaban J connectivity index is 2.25. The number of aromatic nitrogens is 1. The molecule has 0 aliphatic heterocycles. The largest absolute Gasteiger partial charge is 0.496 e. The van der Waals surface area contributed by atoms with Crippen LogP contribution in [0.25, 0.3) is 10.6 Å². The number of benzene rings is 1. The summed E-state index contributed by atoms with van der Waals surface area (Å²) in [6.45, 7) is 3.94. The van der Waals surface area contributed by atoms with Crippen molar-refractivity contribution < 1.29 is 14.7 Å². The molecular weight excluding hydrogens is 292 g/mol. The Morgan fingerprint density at radius 2 is 2.14 bits per heavy atom. The van der Waals surface area contributed by atoms with Gasteiger partial charge in [-0.25, -0.2) is 4.98 Å². The van der Waals surface area contributed by atoms with Crippen molar-refractivity contribution in [3.8, 4) is 16.3 Å². The van der Waals surface area contributed by atoms with Gasteiger partial charge in [-0.1, -0.05) is 11.6 Å². The number of ether oxygens (including phenoxy) is 1. The van der Waals surface area contributed by atoms with Crippen LogP contribution in [0, 0.1) is 24.0 Å². The molecule has 0 radical (unpaired) electrons. The molecule has 0 bridgehead atoms. The number of hydrogen-bond acceptors (Lipinski definition) is 6. The van der Waals surface area contributed by atoms with Crippen LogP contribution < -0.4 is 4.74 Å². The third-order valence-electron chi connectivity index (χ3n) is 3.00. The molecule has 0 aliphatic carbocycles. The van der Waals surface area contributed by atoms with E-state index in [4.69, 9.17) is 4.74 Å². The molecule has 0 amide bonds. The molecule has 2 aromatic rings. The van der Waals surface area contributed by atoms with Gasteiger partial charge >= 0.3 is 0 Å². The molecular formula is C14H16N2O4S. The van der Waals surface area contributed by atoms with E-state index in [2.05, 4.69) is 9.82 Å². The van der Waals surface area contributed by atoms with Crippen molar-refractivity contribution in [2.45, 2.75) is 20.3 Å². The molecule has 0 unspecified atom stereocenters. The van der Waals surface area contributed by atoms with Gasteiger partial charge in [0.1, 0.15) is 17.4 Å². The van der Waals surface area contributed by atoms with Crippen molar-refractivity contribution in [3.63, 3.8) is 0 Å². The highest BCUT2D eigenvalue weighted by atomic mass is 32.1. The van der Waals surface area contributed by atoms with Crippen molar-refractivity contribution in [3.05, 3.63) is 44.4 Å². The van der Waals surface area contributed by atoms with E-state index >= 15 is 0 Å². The first-order valence-electron chi connectivity index (χ1n) is 6.40. The summed E-state index contributed by atoms with van der Waals surface area (Å²) in [4.78, 5) is 20.1. The minimum atomic E-state index is -0.777. The van der Waals surface area contributed by atoms with E-state index in [1.54, 1.807) is 7.11 Å². The Labute approximate surface area is 126 Å². The van der Waals surface area contributed by atoms with Crippen LogP contribution in [0.5, 0.6) is 5.75 Å². The van der Waals surface area contributed by atoms with Crippen LogP contribution in [0.1, 0.15) is 16.1 Å². The molecule has 1 heterocycles. The first-order valence-corrected chi connectivity index (χ1v) is 7.21. The topological polar surface area (TPSA) is 74.5 Å². The maximum Gasteiger partial charge on any atom is 0.294 e. The zero-order valence-corrected chi connectivity index (χ0v) is 12.9. The maximum atomic E-state index is 10.2. The molecule has 0 atom stereocenters. The highest BCUT2D eigenvalue weighted by Crippen LogP contribution is 2.35. The molecule has 21 heavy (non-hydrogen) atoms. The van der Waals surface area contributed by atoms with E-state index in [-0.39, 0.29) is 6.61 Å². The van der Waals surface area contributed by atoms with Gasteiger partial charge in [-0.05, 0) is 26.0 Å². The summed E-state index contributed by atoms with van der Waals surface area (Å²) >= 11 is 1.51. The molecule has 0 fully saturated rings. The summed E-state index contributed by atoms with van der Waals surface area (Å²) in [5, 5.41) is 10.3. The molecule has 112 valence electrons. The van der Waals surface area contributed by atoms with Gasteiger partial charge in [-0.3, -0.25) is 0 Å². The highest BCUT2D eigenvalue weighted by molar-refractivity contribution is 7.15. The predicted octanol–water partition coefficient (Wildman–Crippen LogP) is 3.19. The highest BCUT2D eigenvalue weighted by Gasteiger charge is 2.14.